The molecular weight excluding hydrogens is 250 g/mol. The summed E-state index contributed by atoms with van der Waals surface area (Å²) in [6.45, 7) is 5.83. The molecule has 1 aromatic rings. The number of benzene rings is 1. The van der Waals surface area contributed by atoms with E-state index in [1.165, 1.54) is 12.8 Å². The van der Waals surface area contributed by atoms with E-state index in [9.17, 15) is 4.79 Å². The fraction of sp³-hybridized carbons (Fsp3) is 0.588. The fourth-order valence-corrected chi connectivity index (χ4v) is 2.31. The number of hydrogen-bond donors (Lipinski definition) is 0. The molecule has 0 bridgehead atoms. The van der Waals surface area contributed by atoms with Crippen LogP contribution in [0.3, 0.4) is 0 Å². The standard InChI is InChI=1S/C17H25NO2/c1-14(2)13-18(15-10-11-15)17(19)9-6-12-20-16-7-4-3-5-8-16/h3-5,7-8,14-15H,6,9-13H2,1-2H3. The lowest BCUT2D eigenvalue weighted by atomic mass is 10.2. The van der Waals surface area contributed by atoms with Crippen LogP contribution in [-0.2, 0) is 4.79 Å². The van der Waals surface area contributed by atoms with Crippen molar-refractivity contribution in [2.75, 3.05) is 13.2 Å². The Morgan fingerprint density at radius 3 is 2.60 bits per heavy atom. The largest absolute Gasteiger partial charge is 0.494 e. The Labute approximate surface area is 121 Å². The van der Waals surface area contributed by atoms with Crippen LogP contribution in [0.15, 0.2) is 30.3 Å². The van der Waals surface area contributed by atoms with E-state index in [0.717, 1.165) is 18.7 Å². The Hall–Kier alpha value is -1.51. The maximum Gasteiger partial charge on any atom is 0.222 e. The first kappa shape index (κ1) is 14.9. The van der Waals surface area contributed by atoms with Gasteiger partial charge in [0.05, 0.1) is 6.61 Å². The second-order valence-corrected chi connectivity index (χ2v) is 5.94. The molecule has 1 aromatic carbocycles. The molecule has 0 N–H and O–H groups in total. The molecule has 1 saturated carbocycles. The van der Waals surface area contributed by atoms with Gasteiger partial charge in [-0.3, -0.25) is 4.79 Å². The van der Waals surface area contributed by atoms with E-state index in [1.807, 2.05) is 30.3 Å². The van der Waals surface area contributed by atoms with Gasteiger partial charge in [-0.2, -0.15) is 0 Å². The van der Waals surface area contributed by atoms with Crippen LogP contribution in [0.4, 0.5) is 0 Å². The van der Waals surface area contributed by atoms with Gasteiger partial charge in [-0.25, -0.2) is 0 Å². The molecule has 0 heterocycles. The highest BCUT2D eigenvalue weighted by Gasteiger charge is 2.32. The molecule has 20 heavy (non-hydrogen) atoms. The number of ether oxygens (including phenoxy) is 1. The molecule has 2 rings (SSSR count). The molecule has 1 aliphatic carbocycles. The highest BCUT2D eigenvalue weighted by molar-refractivity contribution is 5.76. The molecule has 3 nitrogen and oxygen atoms in total. The van der Waals surface area contributed by atoms with E-state index in [-0.39, 0.29) is 5.91 Å². The number of hydrogen-bond acceptors (Lipinski definition) is 2. The summed E-state index contributed by atoms with van der Waals surface area (Å²) in [6.07, 6.45) is 3.74. The van der Waals surface area contributed by atoms with Crippen LogP contribution in [0.5, 0.6) is 5.75 Å². The third-order valence-electron chi connectivity index (χ3n) is 3.42. The minimum Gasteiger partial charge on any atom is -0.494 e. The summed E-state index contributed by atoms with van der Waals surface area (Å²) in [4.78, 5) is 14.3. The number of para-hydroxylation sites is 1. The predicted molar refractivity (Wildman–Crippen MR) is 80.7 cm³/mol. The summed E-state index contributed by atoms with van der Waals surface area (Å²) in [5.74, 6) is 1.71. The Balaban J connectivity index is 1.68. The number of nitrogens with zero attached hydrogens (tertiary/aromatic N) is 1. The van der Waals surface area contributed by atoms with Gasteiger partial charge in [0.25, 0.3) is 0 Å². The summed E-state index contributed by atoms with van der Waals surface area (Å²) < 4.78 is 5.62. The van der Waals surface area contributed by atoms with Gasteiger partial charge in [0.2, 0.25) is 5.91 Å². The van der Waals surface area contributed by atoms with E-state index in [4.69, 9.17) is 4.74 Å². The Kier molecular flexibility index (Phi) is 5.45. The Morgan fingerprint density at radius 2 is 2.00 bits per heavy atom. The van der Waals surface area contributed by atoms with Gasteiger partial charge >= 0.3 is 0 Å². The predicted octanol–water partition coefficient (Wildman–Crippen LogP) is 3.49. The maximum absolute atomic E-state index is 12.2. The minimum atomic E-state index is 0.290. The SMILES string of the molecule is CC(C)CN(C(=O)CCCOc1ccccc1)C1CC1. The van der Waals surface area contributed by atoms with Crippen molar-refractivity contribution in [3.63, 3.8) is 0 Å². The molecule has 0 saturated heterocycles. The second-order valence-electron chi connectivity index (χ2n) is 5.94. The quantitative estimate of drug-likeness (QED) is 0.680. The third kappa shape index (κ3) is 4.87. The van der Waals surface area contributed by atoms with E-state index < -0.39 is 0 Å². The second kappa shape index (κ2) is 7.32. The number of carbonyl (C=O) groups is 1. The van der Waals surface area contributed by atoms with Gasteiger partial charge in [-0.05, 0) is 37.3 Å². The molecule has 0 radical (unpaired) electrons. The summed E-state index contributed by atoms with van der Waals surface area (Å²) in [5, 5.41) is 0. The van der Waals surface area contributed by atoms with Gasteiger partial charge in [0, 0.05) is 19.0 Å². The topological polar surface area (TPSA) is 29.5 Å². The lowest BCUT2D eigenvalue weighted by Gasteiger charge is -2.24. The number of carbonyl (C=O) groups excluding carboxylic acids is 1. The van der Waals surface area contributed by atoms with Crippen molar-refractivity contribution in [3.8, 4) is 5.75 Å². The van der Waals surface area contributed by atoms with Crippen molar-refractivity contribution >= 4 is 5.91 Å². The monoisotopic (exact) mass is 275 g/mol. The van der Waals surface area contributed by atoms with Crippen LogP contribution in [0.25, 0.3) is 0 Å². The van der Waals surface area contributed by atoms with Gasteiger partial charge < -0.3 is 9.64 Å². The molecule has 3 heteroatoms. The van der Waals surface area contributed by atoms with E-state index in [2.05, 4.69) is 18.7 Å². The number of amides is 1. The van der Waals surface area contributed by atoms with Crippen molar-refractivity contribution in [2.24, 2.45) is 5.92 Å². The van der Waals surface area contributed by atoms with Gasteiger partial charge in [0.1, 0.15) is 5.75 Å². The third-order valence-corrected chi connectivity index (χ3v) is 3.42. The normalized spacial score (nSPS) is 14.3. The molecule has 1 amide bonds. The van der Waals surface area contributed by atoms with Crippen molar-refractivity contribution in [2.45, 2.75) is 45.6 Å². The highest BCUT2D eigenvalue weighted by Crippen LogP contribution is 2.28. The van der Waals surface area contributed by atoms with Crippen molar-refractivity contribution in [1.29, 1.82) is 0 Å². The summed E-state index contributed by atoms with van der Waals surface area (Å²) >= 11 is 0. The van der Waals surface area contributed by atoms with Crippen molar-refractivity contribution in [3.05, 3.63) is 30.3 Å². The van der Waals surface area contributed by atoms with Crippen LogP contribution in [0.1, 0.15) is 39.5 Å². The first-order valence-electron chi connectivity index (χ1n) is 7.64. The highest BCUT2D eigenvalue weighted by atomic mass is 16.5. The fourth-order valence-electron chi connectivity index (χ4n) is 2.31. The van der Waals surface area contributed by atoms with E-state index in [0.29, 0.717) is 25.0 Å². The van der Waals surface area contributed by atoms with Crippen molar-refractivity contribution in [1.82, 2.24) is 4.90 Å². The maximum atomic E-state index is 12.2. The zero-order valence-corrected chi connectivity index (χ0v) is 12.5. The van der Waals surface area contributed by atoms with Crippen LogP contribution in [0, 0.1) is 5.92 Å². The average Bonchev–Trinajstić information content (AvgIpc) is 3.26. The zero-order chi connectivity index (χ0) is 14.4. The van der Waals surface area contributed by atoms with Crippen LogP contribution in [-0.4, -0.2) is 30.0 Å². The molecule has 0 unspecified atom stereocenters. The molecule has 0 atom stereocenters. The average molecular weight is 275 g/mol. The van der Waals surface area contributed by atoms with Gasteiger partial charge in [0.15, 0.2) is 0 Å². The molecule has 0 spiro atoms. The van der Waals surface area contributed by atoms with Gasteiger partial charge in [-0.1, -0.05) is 32.0 Å². The van der Waals surface area contributed by atoms with Gasteiger partial charge in [-0.15, -0.1) is 0 Å². The Morgan fingerprint density at radius 1 is 1.30 bits per heavy atom. The lowest BCUT2D eigenvalue weighted by Crippen LogP contribution is -2.36. The van der Waals surface area contributed by atoms with E-state index in [1.54, 1.807) is 0 Å². The van der Waals surface area contributed by atoms with Crippen LogP contribution >= 0.6 is 0 Å². The smallest absolute Gasteiger partial charge is 0.222 e. The zero-order valence-electron chi connectivity index (χ0n) is 12.5. The molecule has 1 fully saturated rings. The molecule has 110 valence electrons. The summed E-state index contributed by atoms with van der Waals surface area (Å²) in [7, 11) is 0. The number of rotatable bonds is 8. The Bertz CT molecular complexity index is 412. The molecule has 1 aliphatic rings. The van der Waals surface area contributed by atoms with Crippen molar-refractivity contribution < 1.29 is 9.53 Å². The van der Waals surface area contributed by atoms with Crippen LogP contribution in [0.2, 0.25) is 0 Å². The lowest BCUT2D eigenvalue weighted by molar-refractivity contribution is -0.132. The first-order valence-corrected chi connectivity index (χ1v) is 7.64. The summed E-state index contributed by atoms with van der Waals surface area (Å²) in [6, 6.07) is 10.3. The molecule has 0 aliphatic heterocycles. The molecule has 0 aromatic heterocycles. The minimum absolute atomic E-state index is 0.290. The van der Waals surface area contributed by atoms with E-state index >= 15 is 0 Å². The summed E-state index contributed by atoms with van der Waals surface area (Å²) in [5.41, 5.74) is 0. The molecular formula is C17H25NO2. The van der Waals surface area contributed by atoms with Crippen LogP contribution < -0.4 is 4.74 Å². The first-order chi connectivity index (χ1) is 9.66.